The number of aliphatic hydroxyl groups is 1. The van der Waals surface area contributed by atoms with E-state index in [2.05, 4.69) is 0 Å². The minimum atomic E-state index is -0.604. The van der Waals surface area contributed by atoms with Crippen LogP contribution in [0.4, 0.5) is 0 Å². The standard InChI is InChI=1S/C11H17NO4/c1-3-5-6-12-7-8(9(13)10(12)14)11(15)16-4-2/h13H,3-7H2,1-2H3. The molecule has 1 aliphatic heterocycles. The van der Waals surface area contributed by atoms with Crippen LogP contribution in [0.1, 0.15) is 26.7 Å². The average molecular weight is 227 g/mol. The van der Waals surface area contributed by atoms with Gasteiger partial charge in [-0.15, -0.1) is 0 Å². The van der Waals surface area contributed by atoms with Crippen LogP contribution in [-0.4, -0.2) is 41.6 Å². The largest absolute Gasteiger partial charge is 0.503 e. The highest BCUT2D eigenvalue weighted by Crippen LogP contribution is 2.18. The molecular weight excluding hydrogens is 210 g/mol. The molecule has 0 unspecified atom stereocenters. The predicted octanol–water partition coefficient (Wildman–Crippen LogP) is 1.00. The summed E-state index contributed by atoms with van der Waals surface area (Å²) in [4.78, 5) is 24.4. The molecule has 0 saturated carbocycles. The van der Waals surface area contributed by atoms with E-state index in [0.717, 1.165) is 12.8 Å². The van der Waals surface area contributed by atoms with Gasteiger partial charge in [-0.25, -0.2) is 4.79 Å². The number of ether oxygens (including phenoxy) is 1. The lowest BCUT2D eigenvalue weighted by Crippen LogP contribution is -2.28. The van der Waals surface area contributed by atoms with Crippen molar-refractivity contribution >= 4 is 11.9 Å². The molecule has 0 radical (unpaired) electrons. The van der Waals surface area contributed by atoms with E-state index in [4.69, 9.17) is 4.74 Å². The topological polar surface area (TPSA) is 66.8 Å². The molecule has 0 saturated heterocycles. The Labute approximate surface area is 94.7 Å². The Morgan fingerprint density at radius 2 is 2.19 bits per heavy atom. The molecule has 0 aromatic rings. The van der Waals surface area contributed by atoms with E-state index in [0.29, 0.717) is 6.54 Å². The lowest BCUT2D eigenvalue weighted by atomic mass is 10.2. The molecule has 1 N–H and O–H groups in total. The van der Waals surface area contributed by atoms with Crippen LogP contribution < -0.4 is 0 Å². The summed E-state index contributed by atoms with van der Waals surface area (Å²) in [5.41, 5.74) is 0.0722. The van der Waals surface area contributed by atoms with Crippen molar-refractivity contribution in [3.05, 3.63) is 11.3 Å². The number of aliphatic hydroxyl groups excluding tert-OH is 1. The molecule has 0 bridgehead atoms. The molecule has 1 heterocycles. The van der Waals surface area contributed by atoms with E-state index < -0.39 is 17.6 Å². The summed E-state index contributed by atoms with van der Waals surface area (Å²) < 4.78 is 4.76. The Morgan fingerprint density at radius 3 is 2.75 bits per heavy atom. The Morgan fingerprint density at radius 1 is 1.50 bits per heavy atom. The van der Waals surface area contributed by atoms with Gasteiger partial charge < -0.3 is 14.7 Å². The lowest BCUT2D eigenvalue weighted by Gasteiger charge is -2.14. The van der Waals surface area contributed by atoms with Crippen molar-refractivity contribution in [2.45, 2.75) is 26.7 Å². The van der Waals surface area contributed by atoms with E-state index in [9.17, 15) is 14.7 Å². The van der Waals surface area contributed by atoms with E-state index >= 15 is 0 Å². The molecule has 0 atom stereocenters. The van der Waals surface area contributed by atoms with E-state index in [1.54, 1.807) is 6.92 Å². The number of hydrogen-bond acceptors (Lipinski definition) is 4. The molecule has 1 rings (SSSR count). The van der Waals surface area contributed by atoms with Gasteiger partial charge in [0.1, 0.15) is 5.57 Å². The summed E-state index contributed by atoms with van der Waals surface area (Å²) in [5, 5.41) is 9.51. The first kappa shape index (κ1) is 12.5. The summed E-state index contributed by atoms with van der Waals surface area (Å²) in [5.74, 6) is -1.54. The zero-order valence-corrected chi connectivity index (χ0v) is 9.65. The zero-order valence-electron chi connectivity index (χ0n) is 9.65. The van der Waals surface area contributed by atoms with Crippen molar-refractivity contribution in [2.75, 3.05) is 19.7 Å². The van der Waals surface area contributed by atoms with Gasteiger partial charge in [0.2, 0.25) is 0 Å². The smallest absolute Gasteiger partial charge is 0.339 e. The molecule has 0 aliphatic carbocycles. The van der Waals surface area contributed by atoms with Gasteiger partial charge in [0, 0.05) is 6.54 Å². The van der Waals surface area contributed by atoms with Gasteiger partial charge in [-0.2, -0.15) is 0 Å². The number of carbonyl (C=O) groups is 2. The monoisotopic (exact) mass is 227 g/mol. The van der Waals surface area contributed by atoms with E-state index in [1.807, 2.05) is 6.92 Å². The zero-order chi connectivity index (χ0) is 12.1. The Bertz CT molecular complexity index is 322. The molecule has 1 aliphatic rings. The number of esters is 1. The maximum Gasteiger partial charge on any atom is 0.339 e. The first-order valence-electron chi connectivity index (χ1n) is 5.50. The Balaban J connectivity index is 2.66. The first-order chi connectivity index (χ1) is 7.61. The van der Waals surface area contributed by atoms with Crippen LogP contribution >= 0.6 is 0 Å². The van der Waals surface area contributed by atoms with E-state index in [1.165, 1.54) is 4.90 Å². The molecule has 5 heteroatoms. The van der Waals surface area contributed by atoms with Crippen molar-refractivity contribution in [3.63, 3.8) is 0 Å². The number of rotatable bonds is 5. The summed E-state index contributed by atoms with van der Waals surface area (Å²) >= 11 is 0. The number of amides is 1. The number of nitrogens with zero attached hydrogens (tertiary/aromatic N) is 1. The summed E-state index contributed by atoms with van der Waals surface area (Å²) in [6.45, 7) is 4.64. The van der Waals surface area contributed by atoms with Crippen LogP contribution in [0.3, 0.4) is 0 Å². The normalized spacial score (nSPS) is 15.9. The first-order valence-corrected chi connectivity index (χ1v) is 5.50. The predicted molar refractivity (Wildman–Crippen MR) is 57.8 cm³/mol. The van der Waals surface area contributed by atoms with Gasteiger partial charge >= 0.3 is 5.97 Å². The third-order valence-corrected chi connectivity index (χ3v) is 2.43. The molecular formula is C11H17NO4. The molecule has 1 amide bonds. The highest BCUT2D eigenvalue weighted by molar-refractivity contribution is 6.05. The number of carbonyl (C=O) groups excluding carboxylic acids is 2. The van der Waals surface area contributed by atoms with Crippen molar-refractivity contribution in [1.29, 1.82) is 0 Å². The van der Waals surface area contributed by atoms with Gasteiger partial charge in [-0.05, 0) is 13.3 Å². The van der Waals surface area contributed by atoms with Gasteiger partial charge in [0.15, 0.2) is 5.76 Å². The van der Waals surface area contributed by atoms with Crippen molar-refractivity contribution in [1.82, 2.24) is 4.90 Å². The Hall–Kier alpha value is -1.52. The summed E-state index contributed by atoms with van der Waals surface area (Å²) in [7, 11) is 0. The molecule has 90 valence electrons. The van der Waals surface area contributed by atoms with Crippen LogP contribution in [0.5, 0.6) is 0 Å². The SMILES string of the molecule is CCCCN1CC(C(=O)OCC)=C(O)C1=O. The quantitative estimate of drug-likeness (QED) is 0.712. The van der Waals surface area contributed by atoms with Gasteiger partial charge in [0.25, 0.3) is 5.91 Å². The lowest BCUT2D eigenvalue weighted by molar-refractivity contribution is -0.138. The van der Waals surface area contributed by atoms with Gasteiger partial charge in [-0.3, -0.25) is 4.79 Å². The van der Waals surface area contributed by atoms with Crippen LogP contribution in [0.15, 0.2) is 11.3 Å². The number of hydrogen-bond donors (Lipinski definition) is 1. The molecule has 16 heavy (non-hydrogen) atoms. The molecule has 0 fully saturated rings. The maximum atomic E-state index is 11.5. The van der Waals surface area contributed by atoms with Crippen molar-refractivity contribution in [2.24, 2.45) is 0 Å². The van der Waals surface area contributed by atoms with Gasteiger partial charge in [0.05, 0.1) is 13.2 Å². The second-order valence-corrected chi connectivity index (χ2v) is 3.63. The molecule has 5 nitrogen and oxygen atoms in total. The van der Waals surface area contributed by atoms with Gasteiger partial charge in [-0.1, -0.05) is 13.3 Å². The van der Waals surface area contributed by atoms with Crippen LogP contribution in [0, 0.1) is 0 Å². The van der Waals surface area contributed by atoms with Crippen molar-refractivity contribution < 1.29 is 19.4 Å². The molecule has 0 aromatic heterocycles. The second-order valence-electron chi connectivity index (χ2n) is 3.63. The third kappa shape index (κ3) is 2.53. The molecule has 0 aromatic carbocycles. The Kier molecular flexibility index (Phi) is 4.34. The fourth-order valence-electron chi connectivity index (χ4n) is 1.53. The molecule has 0 spiro atoms. The van der Waals surface area contributed by atoms with Crippen molar-refractivity contribution in [3.8, 4) is 0 Å². The fraction of sp³-hybridized carbons (Fsp3) is 0.636. The third-order valence-electron chi connectivity index (χ3n) is 2.43. The highest BCUT2D eigenvalue weighted by atomic mass is 16.5. The average Bonchev–Trinajstić information content (AvgIpc) is 2.54. The van der Waals surface area contributed by atoms with Crippen LogP contribution in [0.2, 0.25) is 0 Å². The highest BCUT2D eigenvalue weighted by Gasteiger charge is 2.34. The summed E-state index contributed by atoms with van der Waals surface area (Å²) in [6.07, 6.45) is 1.81. The minimum absolute atomic E-state index is 0.0722. The second kappa shape index (κ2) is 5.53. The number of unbranched alkanes of at least 4 members (excludes halogenated alkanes) is 1. The van der Waals surface area contributed by atoms with E-state index in [-0.39, 0.29) is 18.7 Å². The fourth-order valence-corrected chi connectivity index (χ4v) is 1.53. The maximum absolute atomic E-state index is 11.5. The van der Waals surface area contributed by atoms with Crippen LogP contribution in [-0.2, 0) is 14.3 Å². The van der Waals surface area contributed by atoms with Crippen LogP contribution in [0.25, 0.3) is 0 Å². The summed E-state index contributed by atoms with van der Waals surface area (Å²) in [6, 6.07) is 0. The minimum Gasteiger partial charge on any atom is -0.503 e.